The van der Waals surface area contributed by atoms with Crippen molar-refractivity contribution in [1.82, 2.24) is 19.8 Å². The Balaban J connectivity index is 1.66. The van der Waals surface area contributed by atoms with Gasteiger partial charge in [-0.15, -0.1) is 0 Å². The zero-order valence-corrected chi connectivity index (χ0v) is 20.4. The Morgan fingerprint density at radius 1 is 1.06 bits per heavy atom. The first-order chi connectivity index (χ1) is 16.2. The van der Waals surface area contributed by atoms with Gasteiger partial charge in [0.15, 0.2) is 11.5 Å². The summed E-state index contributed by atoms with van der Waals surface area (Å²) in [5, 5.41) is 4.21. The molecule has 3 N–H and O–H groups in total. The summed E-state index contributed by atoms with van der Waals surface area (Å²) in [4.78, 5) is 25.9. The molecule has 0 radical (unpaired) electrons. The highest BCUT2D eigenvalue weighted by Crippen LogP contribution is 2.36. The predicted octanol–water partition coefficient (Wildman–Crippen LogP) is 3.76. The first-order valence-electron chi connectivity index (χ1n) is 11.4. The Morgan fingerprint density at radius 2 is 1.79 bits per heavy atom. The molecular weight excluding hydrogens is 432 g/mol. The molecule has 3 aromatic rings. The van der Waals surface area contributed by atoms with Crippen molar-refractivity contribution in [3.05, 3.63) is 47.3 Å². The van der Waals surface area contributed by atoms with Crippen LogP contribution < -0.4 is 20.5 Å². The van der Waals surface area contributed by atoms with E-state index in [1.165, 1.54) is 0 Å². The van der Waals surface area contributed by atoms with Gasteiger partial charge >= 0.3 is 6.09 Å². The lowest BCUT2D eigenvalue weighted by atomic mass is 10.0. The Bertz CT molecular complexity index is 1190. The number of hydrogen-bond donors (Lipinski definition) is 2. The Morgan fingerprint density at radius 3 is 2.47 bits per heavy atom. The highest BCUT2D eigenvalue weighted by molar-refractivity contribution is 5.92. The van der Waals surface area contributed by atoms with Crippen LogP contribution in [0.15, 0.2) is 30.3 Å². The maximum absolute atomic E-state index is 12.8. The van der Waals surface area contributed by atoms with Crippen molar-refractivity contribution in [2.75, 3.05) is 51.4 Å². The van der Waals surface area contributed by atoms with E-state index < -0.39 is 6.09 Å². The summed E-state index contributed by atoms with van der Waals surface area (Å²) in [5.41, 5.74) is 9.61. The predicted molar refractivity (Wildman–Crippen MR) is 134 cm³/mol. The molecule has 1 unspecified atom stereocenters. The monoisotopic (exact) mass is 464 g/mol. The molecule has 2 heterocycles. The third-order valence-corrected chi connectivity index (χ3v) is 6.03. The van der Waals surface area contributed by atoms with Crippen molar-refractivity contribution in [2.24, 2.45) is 0 Å². The zero-order chi connectivity index (χ0) is 24.4. The first-order valence-corrected chi connectivity index (χ1v) is 11.4. The number of likely N-dealkylation sites (N-methyl/N-ethyl adjacent to an activating group) is 1. The van der Waals surface area contributed by atoms with Crippen molar-refractivity contribution in [3.63, 3.8) is 0 Å². The average Bonchev–Trinajstić information content (AvgIpc) is 2.78. The molecule has 9 nitrogen and oxygen atoms in total. The number of amides is 1. The number of carbonyl (C=O) groups is 1. The number of fused-ring (bicyclic) bond motifs is 1. The molecule has 1 fully saturated rings. The summed E-state index contributed by atoms with van der Waals surface area (Å²) >= 11 is 0. The number of aryl methyl sites for hydroxylation is 2. The maximum Gasteiger partial charge on any atom is 0.415 e. The van der Waals surface area contributed by atoms with E-state index >= 15 is 0 Å². The van der Waals surface area contributed by atoms with Crippen LogP contribution in [0.25, 0.3) is 10.9 Å². The smallest absolute Gasteiger partial charge is 0.415 e. The molecule has 0 aliphatic carbocycles. The van der Waals surface area contributed by atoms with Crippen molar-refractivity contribution < 1.29 is 14.3 Å². The molecule has 4 rings (SSSR count). The van der Waals surface area contributed by atoms with E-state index in [-0.39, 0.29) is 6.04 Å². The van der Waals surface area contributed by atoms with Gasteiger partial charge in [0, 0.05) is 43.3 Å². The number of methoxy groups -OCH3 is 1. The SMILES string of the molecule is COc1cc2nc(C)nc(NC(C)c3cc(C)cc(N)c3)c2cc1OC(=O)N1CCN(C)CC1. The second-order valence-corrected chi connectivity index (χ2v) is 8.84. The van der Waals surface area contributed by atoms with E-state index in [0.717, 1.165) is 35.3 Å². The van der Waals surface area contributed by atoms with Crippen LogP contribution in [0.3, 0.4) is 0 Å². The second kappa shape index (κ2) is 9.72. The molecule has 180 valence electrons. The average molecular weight is 465 g/mol. The van der Waals surface area contributed by atoms with Gasteiger partial charge in [-0.1, -0.05) is 6.07 Å². The van der Waals surface area contributed by atoms with E-state index in [4.69, 9.17) is 15.2 Å². The molecule has 9 heteroatoms. The van der Waals surface area contributed by atoms with Gasteiger partial charge in [0.05, 0.1) is 18.7 Å². The molecular formula is C25H32N6O3. The Kier molecular flexibility index (Phi) is 6.74. The van der Waals surface area contributed by atoms with Crippen LogP contribution in [0.4, 0.5) is 16.3 Å². The van der Waals surface area contributed by atoms with Crippen molar-refractivity contribution in [1.29, 1.82) is 0 Å². The number of ether oxygens (including phenoxy) is 2. The van der Waals surface area contributed by atoms with E-state index in [9.17, 15) is 4.79 Å². The molecule has 1 aliphatic rings. The van der Waals surface area contributed by atoms with Gasteiger partial charge in [-0.2, -0.15) is 0 Å². The third-order valence-electron chi connectivity index (χ3n) is 6.03. The normalized spacial score (nSPS) is 15.3. The molecule has 1 aliphatic heterocycles. The fourth-order valence-corrected chi connectivity index (χ4v) is 4.13. The zero-order valence-electron chi connectivity index (χ0n) is 20.4. The first kappa shape index (κ1) is 23.6. The van der Waals surface area contributed by atoms with E-state index in [0.29, 0.717) is 41.7 Å². The van der Waals surface area contributed by atoms with Crippen molar-refractivity contribution in [3.8, 4) is 11.5 Å². The van der Waals surface area contributed by atoms with Crippen LogP contribution in [-0.4, -0.2) is 66.2 Å². The summed E-state index contributed by atoms with van der Waals surface area (Å²) < 4.78 is 11.3. The van der Waals surface area contributed by atoms with E-state index in [1.54, 1.807) is 24.1 Å². The minimum absolute atomic E-state index is 0.0573. The van der Waals surface area contributed by atoms with Gasteiger partial charge in [0.25, 0.3) is 0 Å². The maximum atomic E-state index is 12.8. The molecule has 1 aromatic heterocycles. The lowest BCUT2D eigenvalue weighted by Gasteiger charge is -2.31. The molecule has 0 bridgehead atoms. The molecule has 1 saturated heterocycles. The lowest BCUT2D eigenvalue weighted by Crippen LogP contribution is -2.48. The molecule has 1 amide bonds. The fourth-order valence-electron chi connectivity index (χ4n) is 4.13. The Labute approximate surface area is 199 Å². The number of rotatable bonds is 5. The topological polar surface area (TPSA) is 106 Å². The standard InChI is InChI=1S/C25H32N6O3/c1-15-10-18(12-19(26)11-15)16(2)27-24-20-13-23(22(33-5)14-21(20)28-17(3)29-24)34-25(32)31-8-6-30(4)7-9-31/h10-14,16H,6-9,26H2,1-5H3,(H,27,28,29). The summed E-state index contributed by atoms with van der Waals surface area (Å²) in [5.74, 6) is 2.05. The largest absolute Gasteiger partial charge is 0.493 e. The molecule has 1 atom stereocenters. The number of anilines is 2. The highest BCUT2D eigenvalue weighted by Gasteiger charge is 2.23. The van der Waals surface area contributed by atoms with Crippen LogP contribution in [0.2, 0.25) is 0 Å². The van der Waals surface area contributed by atoms with Crippen LogP contribution >= 0.6 is 0 Å². The van der Waals surface area contributed by atoms with Gasteiger partial charge < -0.3 is 30.3 Å². The molecule has 34 heavy (non-hydrogen) atoms. The summed E-state index contributed by atoms with van der Waals surface area (Å²) in [7, 11) is 3.59. The fraction of sp³-hybridized carbons (Fsp3) is 0.400. The molecule has 0 spiro atoms. The van der Waals surface area contributed by atoms with Crippen LogP contribution in [-0.2, 0) is 0 Å². The number of aromatic nitrogens is 2. The quantitative estimate of drug-likeness (QED) is 0.550. The number of nitrogens with one attached hydrogen (secondary N) is 1. The van der Waals surface area contributed by atoms with E-state index in [1.807, 2.05) is 33.0 Å². The van der Waals surface area contributed by atoms with Crippen molar-refractivity contribution in [2.45, 2.75) is 26.8 Å². The minimum Gasteiger partial charge on any atom is -0.493 e. The Hall–Kier alpha value is -3.59. The van der Waals surface area contributed by atoms with Gasteiger partial charge in [0.2, 0.25) is 0 Å². The lowest BCUT2D eigenvalue weighted by molar-refractivity contribution is 0.119. The number of piperazine rings is 1. The third kappa shape index (κ3) is 5.14. The van der Waals surface area contributed by atoms with Crippen LogP contribution in [0, 0.1) is 13.8 Å². The molecule has 2 aromatic carbocycles. The number of carbonyl (C=O) groups excluding carboxylic acids is 1. The second-order valence-electron chi connectivity index (χ2n) is 8.84. The van der Waals surface area contributed by atoms with Gasteiger partial charge in [0.1, 0.15) is 11.6 Å². The number of hydrogen-bond acceptors (Lipinski definition) is 8. The number of benzene rings is 2. The minimum atomic E-state index is -0.392. The van der Waals surface area contributed by atoms with E-state index in [2.05, 4.69) is 33.2 Å². The van der Waals surface area contributed by atoms with Crippen LogP contribution in [0.1, 0.15) is 29.9 Å². The highest BCUT2D eigenvalue weighted by atomic mass is 16.6. The van der Waals surface area contributed by atoms with Gasteiger partial charge in [-0.3, -0.25) is 0 Å². The summed E-state index contributed by atoms with van der Waals surface area (Å²) in [6.45, 7) is 8.78. The molecule has 0 saturated carbocycles. The van der Waals surface area contributed by atoms with Crippen LogP contribution in [0.5, 0.6) is 11.5 Å². The number of nitrogen functional groups attached to an aromatic ring is 1. The summed E-state index contributed by atoms with van der Waals surface area (Å²) in [6, 6.07) is 9.47. The van der Waals surface area contributed by atoms with Crippen molar-refractivity contribution >= 4 is 28.5 Å². The number of nitrogens with two attached hydrogens (primary N) is 1. The number of nitrogens with zero attached hydrogens (tertiary/aromatic N) is 4. The van der Waals surface area contributed by atoms with Gasteiger partial charge in [-0.25, -0.2) is 14.8 Å². The van der Waals surface area contributed by atoms with Gasteiger partial charge in [-0.05, 0) is 57.1 Å². The summed E-state index contributed by atoms with van der Waals surface area (Å²) in [6.07, 6.45) is -0.392.